The molecule has 0 aliphatic carbocycles. The number of nitrogens with zero attached hydrogens (tertiary/aromatic N) is 2. The molecule has 2 heterocycles. The van der Waals surface area contributed by atoms with E-state index >= 15 is 0 Å². The number of alkyl halides is 3. The molecular weight excluding hydrogens is 454 g/mol. The lowest BCUT2D eigenvalue weighted by molar-refractivity contribution is -0.200. The fraction of sp³-hybridized carbons (Fsp3) is 0.238. The maximum absolute atomic E-state index is 13.4. The van der Waals surface area contributed by atoms with Crippen LogP contribution in [0, 0.1) is 5.82 Å². The lowest BCUT2D eigenvalue weighted by Crippen LogP contribution is -2.52. The van der Waals surface area contributed by atoms with Crippen molar-refractivity contribution in [2.24, 2.45) is 0 Å². The van der Waals surface area contributed by atoms with E-state index < -0.39 is 29.5 Å². The Morgan fingerprint density at radius 1 is 1.19 bits per heavy atom. The van der Waals surface area contributed by atoms with Crippen molar-refractivity contribution in [2.45, 2.75) is 24.9 Å². The molecule has 2 aromatic carbocycles. The summed E-state index contributed by atoms with van der Waals surface area (Å²) in [5.74, 6) is -2.46. The van der Waals surface area contributed by atoms with E-state index in [1.165, 1.54) is 30.3 Å². The minimum atomic E-state index is -4.59. The Kier molecular flexibility index (Phi) is 5.38. The number of anilines is 1. The number of benzene rings is 2. The average molecular weight is 470 g/mol. The van der Waals surface area contributed by atoms with E-state index in [2.05, 4.69) is 5.32 Å². The molecule has 0 unspecified atom stereocenters. The lowest BCUT2D eigenvalue weighted by atomic mass is 10.0. The number of aromatic nitrogens is 1. The zero-order valence-corrected chi connectivity index (χ0v) is 17.0. The van der Waals surface area contributed by atoms with Crippen molar-refractivity contribution in [2.75, 3.05) is 11.4 Å². The van der Waals surface area contributed by atoms with E-state index in [0.717, 1.165) is 23.2 Å². The van der Waals surface area contributed by atoms with Gasteiger partial charge in [-0.05, 0) is 48.0 Å². The Morgan fingerprint density at radius 2 is 1.94 bits per heavy atom. The Bertz CT molecular complexity index is 1210. The molecule has 1 aromatic heterocycles. The molecule has 2 amide bonds. The number of hydrogen-bond donors (Lipinski definition) is 2. The predicted octanol–water partition coefficient (Wildman–Crippen LogP) is 3.69. The van der Waals surface area contributed by atoms with Crippen LogP contribution in [-0.2, 0) is 22.4 Å². The number of amides is 2. The fourth-order valence-electron chi connectivity index (χ4n) is 3.72. The van der Waals surface area contributed by atoms with Gasteiger partial charge >= 0.3 is 6.30 Å². The first-order chi connectivity index (χ1) is 15.0. The number of fused-ring (bicyclic) bond motifs is 1. The van der Waals surface area contributed by atoms with Gasteiger partial charge in [0.1, 0.15) is 5.82 Å². The highest BCUT2D eigenvalue weighted by Gasteiger charge is 2.51. The summed E-state index contributed by atoms with van der Waals surface area (Å²) in [7, 11) is 0. The molecule has 0 saturated carbocycles. The first-order valence-corrected chi connectivity index (χ1v) is 9.83. The van der Waals surface area contributed by atoms with Gasteiger partial charge in [0.05, 0.1) is 5.52 Å². The number of hydrogen-bond acceptors (Lipinski definition) is 3. The van der Waals surface area contributed by atoms with Crippen molar-refractivity contribution in [3.63, 3.8) is 0 Å². The van der Waals surface area contributed by atoms with Gasteiger partial charge in [0.25, 0.3) is 11.8 Å². The number of rotatable bonds is 4. The van der Waals surface area contributed by atoms with Gasteiger partial charge < -0.3 is 15.3 Å². The third-order valence-corrected chi connectivity index (χ3v) is 5.52. The number of halogens is 5. The molecule has 1 fully saturated rings. The van der Waals surface area contributed by atoms with Crippen molar-refractivity contribution in [1.29, 1.82) is 0 Å². The van der Waals surface area contributed by atoms with Crippen LogP contribution >= 0.6 is 11.6 Å². The molecule has 2 N–H and O–H groups in total. The number of nitrogens with one attached hydrogen (secondary N) is 1. The summed E-state index contributed by atoms with van der Waals surface area (Å²) < 4.78 is 52.7. The van der Waals surface area contributed by atoms with Gasteiger partial charge in [-0.15, -0.1) is 13.2 Å². The summed E-state index contributed by atoms with van der Waals surface area (Å²) in [5.41, 5.74) is -1.85. The van der Waals surface area contributed by atoms with Gasteiger partial charge in [0, 0.05) is 41.8 Å². The zero-order valence-electron chi connectivity index (χ0n) is 16.3. The van der Waals surface area contributed by atoms with Gasteiger partial charge in [-0.25, -0.2) is 4.39 Å². The smallest absolute Gasteiger partial charge is 0.372 e. The van der Waals surface area contributed by atoms with E-state index in [9.17, 15) is 32.3 Å². The van der Waals surface area contributed by atoms with Crippen molar-refractivity contribution in [3.05, 3.63) is 65.1 Å². The Labute approximate surface area is 184 Å². The molecule has 0 bridgehead atoms. The number of aliphatic hydroxyl groups is 1. The zero-order chi connectivity index (χ0) is 23.3. The first-order valence-electron chi connectivity index (χ1n) is 9.45. The molecular formula is C21H16ClF4N3O3. The quantitative estimate of drug-likeness (QED) is 0.452. The maximum Gasteiger partial charge on any atom is 0.488 e. The van der Waals surface area contributed by atoms with Gasteiger partial charge in [0.2, 0.25) is 5.60 Å². The average Bonchev–Trinajstić information content (AvgIpc) is 3.27. The summed E-state index contributed by atoms with van der Waals surface area (Å²) >= 11 is 5.77. The monoisotopic (exact) mass is 469 g/mol. The normalized spacial score (nSPS) is 19.1. The number of carbonyl (C=O) groups is 2. The van der Waals surface area contributed by atoms with Gasteiger partial charge in [-0.2, -0.15) is 0 Å². The lowest BCUT2D eigenvalue weighted by Gasteiger charge is -2.22. The molecule has 1 saturated heterocycles. The van der Waals surface area contributed by atoms with E-state index in [1.807, 2.05) is 0 Å². The highest BCUT2D eigenvalue weighted by atomic mass is 35.5. The van der Waals surface area contributed by atoms with Crippen LogP contribution in [-0.4, -0.2) is 33.6 Å². The molecule has 1 aliphatic rings. The summed E-state index contributed by atoms with van der Waals surface area (Å²) in [4.78, 5) is 26.5. The highest BCUT2D eigenvalue weighted by molar-refractivity contribution is 6.30. The first kappa shape index (κ1) is 22.1. The van der Waals surface area contributed by atoms with Crippen LogP contribution in [0.2, 0.25) is 5.02 Å². The summed E-state index contributed by atoms with van der Waals surface area (Å²) in [6, 6.07) is 8.86. The standard InChI is InChI=1S/C21H16ClF4N3O3/c22-14-7-12(8-15(23)10-14)11-27-18(30)20(32)4-6-28(19(20)31)16-1-2-17-13(9-16)3-5-29(17)21(24,25)26/h1-3,5,7-10,32H,4,6,11H2,(H,27,30)/t20-/m1/s1. The van der Waals surface area contributed by atoms with Crippen molar-refractivity contribution in [1.82, 2.24) is 9.88 Å². The van der Waals surface area contributed by atoms with Crippen LogP contribution in [0.1, 0.15) is 12.0 Å². The molecule has 11 heteroatoms. The predicted molar refractivity (Wildman–Crippen MR) is 108 cm³/mol. The second-order valence-electron chi connectivity index (χ2n) is 7.42. The second kappa shape index (κ2) is 7.79. The van der Waals surface area contributed by atoms with Crippen LogP contribution in [0.3, 0.4) is 0 Å². The third kappa shape index (κ3) is 3.91. The molecule has 168 valence electrons. The molecule has 6 nitrogen and oxygen atoms in total. The van der Waals surface area contributed by atoms with E-state index in [1.54, 1.807) is 0 Å². The number of carbonyl (C=O) groups excluding carboxylic acids is 2. The third-order valence-electron chi connectivity index (χ3n) is 5.31. The molecule has 32 heavy (non-hydrogen) atoms. The van der Waals surface area contributed by atoms with Gasteiger partial charge in [-0.3, -0.25) is 14.2 Å². The van der Waals surface area contributed by atoms with E-state index in [4.69, 9.17) is 11.6 Å². The Hall–Kier alpha value is -3.11. The van der Waals surface area contributed by atoms with Crippen molar-refractivity contribution < 1.29 is 32.3 Å². The highest BCUT2D eigenvalue weighted by Crippen LogP contribution is 2.34. The van der Waals surface area contributed by atoms with Crippen molar-refractivity contribution >= 4 is 40.0 Å². The maximum atomic E-state index is 13.4. The Morgan fingerprint density at radius 3 is 2.62 bits per heavy atom. The molecule has 0 spiro atoms. The van der Waals surface area contributed by atoms with Crippen molar-refractivity contribution in [3.8, 4) is 0 Å². The topological polar surface area (TPSA) is 74.6 Å². The SMILES string of the molecule is O=C(NCc1cc(F)cc(Cl)c1)[C@]1(O)CCN(c2ccc3c(ccn3C(F)(F)F)c2)C1=O. The molecule has 3 aromatic rings. The second-order valence-corrected chi connectivity index (χ2v) is 7.86. The van der Waals surface area contributed by atoms with Crippen LogP contribution in [0.4, 0.5) is 23.2 Å². The summed E-state index contributed by atoms with van der Waals surface area (Å²) in [6.45, 7) is -0.178. The molecule has 0 radical (unpaired) electrons. The van der Waals surface area contributed by atoms with Crippen LogP contribution in [0.5, 0.6) is 0 Å². The molecule has 1 atom stereocenters. The van der Waals surface area contributed by atoms with Gasteiger partial charge in [0.15, 0.2) is 0 Å². The van der Waals surface area contributed by atoms with E-state index in [0.29, 0.717) is 5.56 Å². The minimum absolute atomic E-state index is 0.0139. The fourth-order valence-corrected chi connectivity index (χ4v) is 3.97. The van der Waals surface area contributed by atoms with Crippen LogP contribution < -0.4 is 10.2 Å². The molecule has 4 rings (SSSR count). The summed E-state index contributed by atoms with van der Waals surface area (Å²) in [5, 5.41) is 13.5. The summed E-state index contributed by atoms with van der Waals surface area (Å²) in [6.07, 6.45) is -3.93. The van der Waals surface area contributed by atoms with E-state index in [-0.39, 0.29) is 45.7 Å². The van der Waals surface area contributed by atoms with Crippen LogP contribution in [0.15, 0.2) is 48.7 Å². The largest absolute Gasteiger partial charge is 0.488 e. The minimum Gasteiger partial charge on any atom is -0.372 e. The molecule has 1 aliphatic heterocycles. The van der Waals surface area contributed by atoms with Crippen LogP contribution in [0.25, 0.3) is 10.9 Å². The van der Waals surface area contributed by atoms with Gasteiger partial charge in [-0.1, -0.05) is 11.6 Å². The Balaban J connectivity index is 1.51.